The van der Waals surface area contributed by atoms with Gasteiger partial charge in [0.15, 0.2) is 0 Å². The lowest BCUT2D eigenvalue weighted by Gasteiger charge is -2.32. The molecule has 3 rings (SSSR count). The molecule has 1 aromatic rings. The van der Waals surface area contributed by atoms with E-state index in [1.165, 1.54) is 0 Å². The number of rotatable bonds is 4. The third kappa shape index (κ3) is 2.64. The van der Waals surface area contributed by atoms with Gasteiger partial charge in [-0.15, -0.1) is 0 Å². The molecular formula is C17H21N3O2. The summed E-state index contributed by atoms with van der Waals surface area (Å²) in [5.41, 5.74) is 2.46. The Hall–Kier alpha value is -2.14. The average molecular weight is 299 g/mol. The van der Waals surface area contributed by atoms with Gasteiger partial charge in [0.25, 0.3) is 5.91 Å². The molecule has 2 heterocycles. The summed E-state index contributed by atoms with van der Waals surface area (Å²) >= 11 is 0. The zero-order chi connectivity index (χ0) is 15.7. The number of carbonyl (C=O) groups is 2. The molecule has 5 heteroatoms. The van der Waals surface area contributed by atoms with Crippen LogP contribution >= 0.6 is 0 Å². The summed E-state index contributed by atoms with van der Waals surface area (Å²) < 4.78 is 0. The van der Waals surface area contributed by atoms with Gasteiger partial charge >= 0.3 is 0 Å². The maximum atomic E-state index is 12.4. The van der Waals surface area contributed by atoms with Crippen LogP contribution in [0.2, 0.25) is 0 Å². The highest BCUT2D eigenvalue weighted by Gasteiger charge is 2.30. The molecule has 0 atom stereocenters. The van der Waals surface area contributed by atoms with Gasteiger partial charge in [-0.1, -0.05) is 24.8 Å². The smallest absolute Gasteiger partial charge is 0.258 e. The number of carbonyl (C=O) groups excluding carboxylic acids is 2. The van der Waals surface area contributed by atoms with Crippen molar-refractivity contribution in [3.8, 4) is 0 Å². The van der Waals surface area contributed by atoms with Gasteiger partial charge in [0.1, 0.15) is 0 Å². The SMILES string of the molecule is C=C1c2ccccc2C(=O)N1CCCN1CCN(C)C(=O)C1. The summed E-state index contributed by atoms with van der Waals surface area (Å²) in [5.74, 6) is 0.204. The number of hydrogen-bond donors (Lipinski definition) is 0. The highest BCUT2D eigenvalue weighted by atomic mass is 16.2. The van der Waals surface area contributed by atoms with Gasteiger partial charge in [-0.3, -0.25) is 14.5 Å². The second kappa shape index (κ2) is 5.93. The van der Waals surface area contributed by atoms with E-state index in [-0.39, 0.29) is 11.8 Å². The third-order valence-corrected chi connectivity index (χ3v) is 4.43. The van der Waals surface area contributed by atoms with Crippen LogP contribution in [0.25, 0.3) is 5.70 Å². The number of likely N-dealkylation sites (N-methyl/N-ethyl adjacent to an activating group) is 1. The zero-order valence-corrected chi connectivity index (χ0v) is 12.9. The molecule has 2 amide bonds. The Morgan fingerprint density at radius 1 is 1.09 bits per heavy atom. The first-order valence-electron chi connectivity index (χ1n) is 7.64. The van der Waals surface area contributed by atoms with Gasteiger partial charge in [0.2, 0.25) is 5.91 Å². The van der Waals surface area contributed by atoms with E-state index in [1.54, 1.807) is 9.80 Å². The van der Waals surface area contributed by atoms with E-state index in [2.05, 4.69) is 11.5 Å². The standard InChI is InChI=1S/C17H21N3O2/c1-13-14-6-3-4-7-15(14)17(22)20(13)9-5-8-19-11-10-18(2)16(21)12-19/h3-4,6-7H,1,5,8-12H2,2H3. The fourth-order valence-electron chi connectivity index (χ4n) is 3.02. The fraction of sp³-hybridized carbons (Fsp3) is 0.412. The first-order chi connectivity index (χ1) is 10.6. The number of piperazine rings is 1. The molecule has 0 unspecified atom stereocenters. The molecule has 0 spiro atoms. The topological polar surface area (TPSA) is 43.9 Å². The van der Waals surface area contributed by atoms with Crippen LogP contribution in [0.5, 0.6) is 0 Å². The van der Waals surface area contributed by atoms with E-state index in [0.29, 0.717) is 13.1 Å². The van der Waals surface area contributed by atoms with Crippen molar-refractivity contribution < 1.29 is 9.59 Å². The summed E-state index contributed by atoms with van der Waals surface area (Å²) in [6.45, 7) is 7.67. The van der Waals surface area contributed by atoms with E-state index < -0.39 is 0 Å². The predicted octanol–water partition coefficient (Wildman–Crippen LogP) is 1.28. The first-order valence-corrected chi connectivity index (χ1v) is 7.64. The van der Waals surface area contributed by atoms with Crippen LogP contribution in [0.15, 0.2) is 30.8 Å². The highest BCUT2D eigenvalue weighted by Crippen LogP contribution is 2.31. The minimum absolute atomic E-state index is 0.0371. The summed E-state index contributed by atoms with van der Waals surface area (Å²) in [4.78, 5) is 29.7. The summed E-state index contributed by atoms with van der Waals surface area (Å²) in [6, 6.07) is 7.59. The van der Waals surface area contributed by atoms with E-state index in [4.69, 9.17) is 0 Å². The van der Waals surface area contributed by atoms with Crippen LogP contribution in [-0.2, 0) is 4.79 Å². The van der Waals surface area contributed by atoms with Gasteiger partial charge in [-0.2, -0.15) is 0 Å². The number of amides is 2. The van der Waals surface area contributed by atoms with E-state index in [0.717, 1.165) is 42.9 Å². The third-order valence-electron chi connectivity index (χ3n) is 4.43. The van der Waals surface area contributed by atoms with Gasteiger partial charge in [-0.05, 0) is 12.5 Å². The van der Waals surface area contributed by atoms with Crippen molar-refractivity contribution in [2.45, 2.75) is 6.42 Å². The zero-order valence-electron chi connectivity index (χ0n) is 12.9. The predicted molar refractivity (Wildman–Crippen MR) is 85.2 cm³/mol. The summed E-state index contributed by atoms with van der Waals surface area (Å²) in [7, 11) is 1.84. The Labute approximate surface area is 130 Å². The Morgan fingerprint density at radius 2 is 1.82 bits per heavy atom. The quantitative estimate of drug-likeness (QED) is 0.841. The number of fused-ring (bicyclic) bond motifs is 1. The number of nitrogens with zero attached hydrogens (tertiary/aromatic N) is 3. The molecule has 2 aliphatic rings. The molecule has 0 N–H and O–H groups in total. The number of hydrogen-bond acceptors (Lipinski definition) is 3. The molecule has 5 nitrogen and oxygen atoms in total. The molecule has 1 saturated heterocycles. The largest absolute Gasteiger partial charge is 0.343 e. The monoisotopic (exact) mass is 299 g/mol. The van der Waals surface area contributed by atoms with Crippen molar-refractivity contribution in [1.29, 1.82) is 0 Å². The van der Waals surface area contributed by atoms with Crippen LogP contribution < -0.4 is 0 Å². The molecule has 116 valence electrons. The first kappa shape index (κ1) is 14.8. The Bertz CT molecular complexity index is 591. The van der Waals surface area contributed by atoms with Gasteiger partial charge in [-0.25, -0.2) is 0 Å². The summed E-state index contributed by atoms with van der Waals surface area (Å²) in [6.07, 6.45) is 0.843. The normalized spacial score (nSPS) is 19.0. The minimum atomic E-state index is 0.0371. The molecular weight excluding hydrogens is 278 g/mol. The Kier molecular flexibility index (Phi) is 3.98. The van der Waals surface area contributed by atoms with Crippen molar-refractivity contribution in [2.24, 2.45) is 0 Å². The van der Waals surface area contributed by atoms with Crippen molar-refractivity contribution in [3.05, 3.63) is 42.0 Å². The van der Waals surface area contributed by atoms with Crippen LogP contribution in [-0.4, -0.2) is 66.3 Å². The average Bonchev–Trinajstić information content (AvgIpc) is 2.76. The van der Waals surface area contributed by atoms with Crippen LogP contribution in [0.1, 0.15) is 22.3 Å². The lowest BCUT2D eigenvalue weighted by Crippen LogP contribution is -2.48. The molecule has 2 aliphatic heterocycles. The Morgan fingerprint density at radius 3 is 2.50 bits per heavy atom. The lowest BCUT2D eigenvalue weighted by atomic mass is 10.1. The van der Waals surface area contributed by atoms with Crippen molar-refractivity contribution in [3.63, 3.8) is 0 Å². The second-order valence-electron chi connectivity index (χ2n) is 5.89. The lowest BCUT2D eigenvalue weighted by molar-refractivity contribution is -0.134. The van der Waals surface area contributed by atoms with E-state index in [1.807, 2.05) is 31.3 Å². The van der Waals surface area contributed by atoms with E-state index in [9.17, 15) is 9.59 Å². The second-order valence-corrected chi connectivity index (χ2v) is 5.89. The maximum absolute atomic E-state index is 12.4. The van der Waals surface area contributed by atoms with E-state index >= 15 is 0 Å². The van der Waals surface area contributed by atoms with Crippen molar-refractivity contribution in [2.75, 3.05) is 39.8 Å². The van der Waals surface area contributed by atoms with Gasteiger partial charge in [0, 0.05) is 50.1 Å². The number of benzene rings is 1. The molecule has 0 aromatic heterocycles. The fourth-order valence-corrected chi connectivity index (χ4v) is 3.02. The molecule has 1 fully saturated rings. The highest BCUT2D eigenvalue weighted by molar-refractivity contribution is 6.08. The molecule has 0 aliphatic carbocycles. The van der Waals surface area contributed by atoms with Gasteiger partial charge in [0.05, 0.1) is 6.54 Å². The van der Waals surface area contributed by atoms with Crippen LogP contribution in [0.4, 0.5) is 0 Å². The molecule has 22 heavy (non-hydrogen) atoms. The molecule has 0 radical (unpaired) electrons. The molecule has 0 saturated carbocycles. The van der Waals surface area contributed by atoms with Crippen molar-refractivity contribution in [1.82, 2.24) is 14.7 Å². The van der Waals surface area contributed by atoms with Crippen LogP contribution in [0.3, 0.4) is 0 Å². The minimum Gasteiger partial charge on any atom is -0.343 e. The van der Waals surface area contributed by atoms with Gasteiger partial charge < -0.3 is 9.80 Å². The Balaban J connectivity index is 1.54. The molecule has 0 bridgehead atoms. The van der Waals surface area contributed by atoms with Crippen LogP contribution in [0, 0.1) is 0 Å². The van der Waals surface area contributed by atoms with Crippen molar-refractivity contribution >= 4 is 17.5 Å². The molecule has 1 aromatic carbocycles. The summed E-state index contributed by atoms with van der Waals surface area (Å²) in [5, 5.41) is 0. The maximum Gasteiger partial charge on any atom is 0.258 e.